The molecule has 0 aliphatic rings. The smallest absolute Gasteiger partial charge is 0.302 e. The van der Waals surface area contributed by atoms with E-state index in [4.69, 9.17) is 4.74 Å². The average Bonchev–Trinajstić information content (AvgIpc) is 2.57. The first kappa shape index (κ1) is 24.8. The van der Waals surface area contributed by atoms with Gasteiger partial charge >= 0.3 is 5.97 Å². The van der Waals surface area contributed by atoms with E-state index in [2.05, 4.69) is 19.6 Å². The zero-order chi connectivity index (χ0) is 18.8. The Labute approximate surface area is 163 Å². The number of hydrogen-bond acceptors (Lipinski definition) is 3. The van der Waals surface area contributed by atoms with Gasteiger partial charge in [-0.3, -0.25) is 4.79 Å². The van der Waals surface area contributed by atoms with E-state index in [1.54, 1.807) is 0 Å². The third kappa shape index (κ3) is 18.4. The lowest BCUT2D eigenvalue weighted by molar-refractivity contribution is -0.145. The fourth-order valence-corrected chi connectivity index (χ4v) is 3.54. The maximum Gasteiger partial charge on any atom is 0.302 e. The molecule has 3 heteroatoms. The van der Waals surface area contributed by atoms with Crippen LogP contribution in [0.4, 0.5) is 0 Å². The number of carbonyl (C=O) groups is 1. The van der Waals surface area contributed by atoms with Crippen molar-refractivity contribution in [3.63, 3.8) is 0 Å². The minimum Gasteiger partial charge on any atom is -0.462 e. The van der Waals surface area contributed by atoms with Gasteiger partial charge < -0.3 is 4.74 Å². The molecule has 0 amide bonds. The molecule has 0 aromatic heterocycles. The van der Waals surface area contributed by atoms with Crippen LogP contribution in [-0.4, -0.2) is 17.3 Å². The zero-order valence-electron chi connectivity index (χ0n) is 17.2. The van der Waals surface area contributed by atoms with E-state index in [-0.39, 0.29) is 17.3 Å². The Morgan fingerprint density at radius 1 is 0.760 bits per heavy atom. The number of thiol groups is 1. The second kappa shape index (κ2) is 18.6. The lowest BCUT2D eigenvalue weighted by atomic mass is 10.0. The van der Waals surface area contributed by atoms with Gasteiger partial charge in [-0.25, -0.2) is 0 Å². The van der Waals surface area contributed by atoms with Gasteiger partial charge in [-0.15, -0.1) is 0 Å². The van der Waals surface area contributed by atoms with E-state index in [1.807, 2.05) is 6.92 Å². The highest BCUT2D eigenvalue weighted by Gasteiger charge is 2.15. The Morgan fingerprint density at radius 3 is 1.48 bits per heavy atom. The van der Waals surface area contributed by atoms with Gasteiger partial charge in [-0.05, 0) is 13.3 Å². The average molecular weight is 373 g/mol. The molecule has 0 aromatic rings. The lowest BCUT2D eigenvalue weighted by Gasteiger charge is -2.18. The molecule has 0 radical (unpaired) electrons. The summed E-state index contributed by atoms with van der Waals surface area (Å²) in [6.07, 6.45) is 21.8. The third-order valence-corrected chi connectivity index (χ3v) is 5.68. The molecule has 0 fully saturated rings. The van der Waals surface area contributed by atoms with E-state index in [0.717, 1.165) is 6.42 Å². The van der Waals surface area contributed by atoms with Crippen LogP contribution >= 0.6 is 12.6 Å². The van der Waals surface area contributed by atoms with Crippen LogP contribution < -0.4 is 0 Å². The summed E-state index contributed by atoms with van der Waals surface area (Å²) >= 11 is 4.55. The summed E-state index contributed by atoms with van der Waals surface area (Å²) < 4.78 is 5.17. The quantitative estimate of drug-likeness (QED) is 0.153. The lowest BCUT2D eigenvalue weighted by Crippen LogP contribution is -2.23. The molecule has 2 nitrogen and oxygen atoms in total. The standard InChI is InChI=1S/C22H44O2S/c1-4-5-6-7-8-9-10-11-12-13-14-15-16-17-18-19-22(25)20(2)24-21(3)23/h20,22,25H,4-19H2,1-3H3. The van der Waals surface area contributed by atoms with Gasteiger partial charge in [-0.1, -0.05) is 103 Å². The molecule has 0 aliphatic carbocycles. The summed E-state index contributed by atoms with van der Waals surface area (Å²) in [4.78, 5) is 10.9. The molecule has 0 aromatic carbocycles. The van der Waals surface area contributed by atoms with Gasteiger partial charge in [0, 0.05) is 12.2 Å². The van der Waals surface area contributed by atoms with Crippen molar-refractivity contribution in [2.75, 3.05) is 0 Å². The highest BCUT2D eigenvalue weighted by molar-refractivity contribution is 7.81. The fraction of sp³-hybridized carbons (Fsp3) is 0.955. The monoisotopic (exact) mass is 372 g/mol. The van der Waals surface area contributed by atoms with Crippen molar-refractivity contribution in [3.05, 3.63) is 0 Å². The second-order valence-corrected chi connectivity index (χ2v) is 8.28. The number of hydrogen-bond donors (Lipinski definition) is 1. The van der Waals surface area contributed by atoms with Crippen molar-refractivity contribution in [2.45, 2.75) is 135 Å². The first-order valence-corrected chi connectivity index (χ1v) is 11.4. The van der Waals surface area contributed by atoms with Gasteiger partial charge in [0.2, 0.25) is 0 Å². The van der Waals surface area contributed by atoms with E-state index in [0.29, 0.717) is 0 Å². The molecule has 0 N–H and O–H groups in total. The highest BCUT2D eigenvalue weighted by Crippen LogP contribution is 2.17. The maximum absolute atomic E-state index is 10.9. The van der Waals surface area contributed by atoms with Crippen molar-refractivity contribution in [1.82, 2.24) is 0 Å². The Hall–Kier alpha value is -0.180. The molecule has 0 spiro atoms. The molecule has 0 aliphatic heterocycles. The predicted octanol–water partition coefficient (Wildman–Crippen LogP) is 7.50. The molecule has 2 unspecified atom stereocenters. The van der Waals surface area contributed by atoms with Crippen LogP contribution in [0.2, 0.25) is 0 Å². The van der Waals surface area contributed by atoms with Crippen LogP contribution in [0.25, 0.3) is 0 Å². The van der Waals surface area contributed by atoms with Crippen LogP contribution in [0, 0.1) is 0 Å². The normalized spacial score (nSPS) is 13.6. The van der Waals surface area contributed by atoms with Crippen LogP contribution in [-0.2, 0) is 9.53 Å². The summed E-state index contributed by atoms with van der Waals surface area (Å²) in [5.74, 6) is -0.206. The largest absolute Gasteiger partial charge is 0.462 e. The van der Waals surface area contributed by atoms with Crippen molar-refractivity contribution in [2.24, 2.45) is 0 Å². The molecule has 0 saturated carbocycles. The zero-order valence-corrected chi connectivity index (χ0v) is 18.1. The summed E-state index contributed by atoms with van der Waals surface area (Å²) in [5.41, 5.74) is 0. The number of esters is 1. The Kier molecular flexibility index (Phi) is 18.5. The fourth-order valence-electron chi connectivity index (χ4n) is 3.30. The van der Waals surface area contributed by atoms with Gasteiger partial charge in [0.05, 0.1) is 0 Å². The van der Waals surface area contributed by atoms with Crippen LogP contribution in [0.5, 0.6) is 0 Å². The van der Waals surface area contributed by atoms with Crippen LogP contribution in [0.15, 0.2) is 0 Å². The van der Waals surface area contributed by atoms with E-state index in [1.165, 1.54) is 103 Å². The Balaban J connectivity index is 3.20. The maximum atomic E-state index is 10.9. The first-order chi connectivity index (χ1) is 12.1. The molecule has 0 rings (SSSR count). The molecule has 0 saturated heterocycles. The van der Waals surface area contributed by atoms with Gasteiger partial charge in [0.1, 0.15) is 6.10 Å². The van der Waals surface area contributed by atoms with Crippen molar-refractivity contribution in [1.29, 1.82) is 0 Å². The summed E-state index contributed by atoms with van der Waals surface area (Å²) in [6, 6.07) is 0. The molecular weight excluding hydrogens is 328 g/mol. The summed E-state index contributed by atoms with van der Waals surface area (Å²) in [6.45, 7) is 5.68. The van der Waals surface area contributed by atoms with Gasteiger partial charge in [-0.2, -0.15) is 12.6 Å². The predicted molar refractivity (Wildman–Crippen MR) is 114 cm³/mol. The molecule has 150 valence electrons. The third-order valence-electron chi connectivity index (χ3n) is 5.00. The Morgan fingerprint density at radius 2 is 1.12 bits per heavy atom. The molecular formula is C22H44O2S. The second-order valence-electron chi connectivity index (χ2n) is 7.62. The van der Waals surface area contributed by atoms with E-state index >= 15 is 0 Å². The number of unbranched alkanes of at least 4 members (excludes halogenated alkanes) is 14. The molecule has 0 heterocycles. The molecule has 2 atom stereocenters. The number of rotatable bonds is 18. The number of carbonyl (C=O) groups excluding carboxylic acids is 1. The molecule has 25 heavy (non-hydrogen) atoms. The topological polar surface area (TPSA) is 26.3 Å². The van der Waals surface area contributed by atoms with Crippen molar-refractivity contribution >= 4 is 18.6 Å². The Bertz CT molecular complexity index is 294. The SMILES string of the molecule is CCCCCCCCCCCCCCCCCC(S)C(C)OC(C)=O. The first-order valence-electron chi connectivity index (χ1n) is 10.9. The van der Waals surface area contributed by atoms with Crippen LogP contribution in [0.3, 0.4) is 0 Å². The minimum atomic E-state index is -0.206. The van der Waals surface area contributed by atoms with E-state index in [9.17, 15) is 4.79 Å². The number of ether oxygens (including phenoxy) is 1. The van der Waals surface area contributed by atoms with Crippen molar-refractivity contribution in [3.8, 4) is 0 Å². The van der Waals surface area contributed by atoms with E-state index < -0.39 is 0 Å². The minimum absolute atomic E-state index is 0.0764. The van der Waals surface area contributed by atoms with Gasteiger partial charge in [0.15, 0.2) is 0 Å². The summed E-state index contributed by atoms with van der Waals surface area (Å²) in [5, 5.41) is 0.172. The molecule has 0 bridgehead atoms. The van der Waals surface area contributed by atoms with Crippen molar-refractivity contribution < 1.29 is 9.53 Å². The highest BCUT2D eigenvalue weighted by atomic mass is 32.1. The summed E-state index contributed by atoms with van der Waals surface area (Å²) in [7, 11) is 0. The van der Waals surface area contributed by atoms with Gasteiger partial charge in [0.25, 0.3) is 0 Å². The van der Waals surface area contributed by atoms with Crippen LogP contribution in [0.1, 0.15) is 124 Å².